The fraction of sp³-hybridized carbons (Fsp3) is 0.600. The van der Waals surface area contributed by atoms with Gasteiger partial charge in [0.2, 0.25) is 0 Å². The molecule has 0 amide bonds. The molecule has 0 unspecified atom stereocenters. The molecule has 0 N–H and O–H groups in total. The molecule has 0 saturated carbocycles. The second kappa shape index (κ2) is 9.48. The average Bonchev–Trinajstić information content (AvgIpc) is 2.75. The van der Waals surface area contributed by atoms with Crippen molar-refractivity contribution in [1.82, 2.24) is 4.90 Å². The van der Waals surface area contributed by atoms with Crippen LogP contribution in [-0.2, 0) is 9.59 Å². The van der Waals surface area contributed by atoms with Gasteiger partial charge in [-0.3, -0.25) is 9.59 Å². The van der Waals surface area contributed by atoms with Gasteiger partial charge in [-0.1, -0.05) is 47.1 Å². The maximum atomic E-state index is 13.7. The minimum Gasteiger partial charge on any atom is -0.490 e. The van der Waals surface area contributed by atoms with Crippen molar-refractivity contribution in [3.8, 4) is 11.5 Å². The van der Waals surface area contributed by atoms with Crippen LogP contribution in [0.3, 0.4) is 0 Å². The van der Waals surface area contributed by atoms with Gasteiger partial charge in [0.1, 0.15) is 0 Å². The Labute approximate surface area is 210 Å². The number of nitrogens with zero attached hydrogens (tertiary/aromatic N) is 1. The van der Waals surface area contributed by atoms with Crippen LogP contribution in [0, 0.1) is 10.8 Å². The molecule has 1 aliphatic heterocycles. The molecule has 0 fully saturated rings. The fourth-order valence-corrected chi connectivity index (χ4v) is 5.92. The Morgan fingerprint density at radius 1 is 0.857 bits per heavy atom. The Morgan fingerprint density at radius 3 is 1.94 bits per heavy atom. The van der Waals surface area contributed by atoms with Crippen LogP contribution >= 0.6 is 0 Å². The Balaban J connectivity index is 1.88. The van der Waals surface area contributed by atoms with E-state index in [4.69, 9.17) is 9.47 Å². The van der Waals surface area contributed by atoms with Gasteiger partial charge in [0.05, 0.1) is 13.2 Å². The molecular weight excluding hydrogens is 438 g/mol. The number of allylic oxidation sites excluding steroid dienone is 4. The van der Waals surface area contributed by atoms with E-state index >= 15 is 0 Å². The molecule has 1 aromatic rings. The molecule has 0 saturated heterocycles. The Morgan fingerprint density at radius 2 is 1.43 bits per heavy atom. The van der Waals surface area contributed by atoms with E-state index in [0.29, 0.717) is 37.6 Å². The summed E-state index contributed by atoms with van der Waals surface area (Å²) in [6.07, 6.45) is 4.67. The van der Waals surface area contributed by atoms with Gasteiger partial charge in [-0.15, -0.1) is 0 Å². The van der Waals surface area contributed by atoms with Crippen molar-refractivity contribution in [1.29, 1.82) is 0 Å². The van der Waals surface area contributed by atoms with E-state index in [-0.39, 0.29) is 28.3 Å². The number of Topliss-reactive ketones (excluding diaryl/α,β-unsaturated/α-hetero) is 2. The summed E-state index contributed by atoms with van der Waals surface area (Å²) in [5.41, 5.74) is 4.46. The Hall–Kier alpha value is -2.56. The standard InChI is InChI=1S/C30H41NO4/c1-8-10-13-35-24-12-11-19(14-25(24)34-9-2)26-27-20(15-29(3,4)17-22(27)32)31(7)21-16-30(5,6)18-23(33)28(21)26/h11-12,14,26H,8-10,13,15-18H2,1-7H3. The molecule has 0 radical (unpaired) electrons. The Kier molecular flexibility index (Phi) is 6.91. The summed E-state index contributed by atoms with van der Waals surface area (Å²) in [4.78, 5) is 29.5. The van der Waals surface area contributed by atoms with E-state index in [1.54, 1.807) is 0 Å². The molecule has 190 valence electrons. The quantitative estimate of drug-likeness (QED) is 0.414. The molecule has 0 aromatic heterocycles. The summed E-state index contributed by atoms with van der Waals surface area (Å²) in [5, 5.41) is 0. The first-order valence-corrected chi connectivity index (χ1v) is 13.1. The normalized spacial score (nSPS) is 21.7. The van der Waals surface area contributed by atoms with Crippen LogP contribution in [0.25, 0.3) is 0 Å². The summed E-state index contributed by atoms with van der Waals surface area (Å²) < 4.78 is 12.0. The summed E-state index contributed by atoms with van der Waals surface area (Å²) in [7, 11) is 2.04. The predicted molar refractivity (Wildman–Crippen MR) is 139 cm³/mol. The molecule has 0 atom stereocenters. The lowest BCUT2D eigenvalue weighted by molar-refractivity contribution is -0.119. The van der Waals surface area contributed by atoms with Crippen LogP contribution in [-0.4, -0.2) is 36.7 Å². The minimum absolute atomic E-state index is 0.103. The van der Waals surface area contributed by atoms with Gasteiger partial charge < -0.3 is 14.4 Å². The third-order valence-electron chi connectivity index (χ3n) is 7.54. The molecule has 1 heterocycles. The van der Waals surface area contributed by atoms with E-state index < -0.39 is 0 Å². The van der Waals surface area contributed by atoms with E-state index in [9.17, 15) is 9.59 Å². The van der Waals surface area contributed by atoms with Crippen molar-refractivity contribution in [2.24, 2.45) is 10.8 Å². The lowest BCUT2D eigenvalue weighted by Crippen LogP contribution is -2.43. The maximum Gasteiger partial charge on any atom is 0.162 e. The summed E-state index contributed by atoms with van der Waals surface area (Å²) in [6.45, 7) is 13.9. The molecule has 0 bridgehead atoms. The first-order valence-electron chi connectivity index (χ1n) is 13.1. The van der Waals surface area contributed by atoms with Gasteiger partial charge in [0.15, 0.2) is 23.1 Å². The number of hydrogen-bond donors (Lipinski definition) is 0. The van der Waals surface area contributed by atoms with E-state index in [1.807, 2.05) is 32.2 Å². The van der Waals surface area contributed by atoms with Crippen LogP contribution in [0.4, 0.5) is 0 Å². The second-order valence-corrected chi connectivity index (χ2v) is 11.9. The van der Waals surface area contributed by atoms with Gasteiger partial charge in [-0.05, 0) is 54.7 Å². The zero-order valence-corrected chi connectivity index (χ0v) is 22.5. The number of ether oxygens (including phenoxy) is 2. The number of hydrogen-bond acceptors (Lipinski definition) is 5. The number of unbranched alkanes of at least 4 members (excludes halogenated alkanes) is 1. The van der Waals surface area contributed by atoms with Crippen LogP contribution in [0.5, 0.6) is 11.5 Å². The maximum absolute atomic E-state index is 13.7. The van der Waals surface area contributed by atoms with E-state index in [0.717, 1.165) is 53.8 Å². The smallest absolute Gasteiger partial charge is 0.162 e. The molecule has 0 spiro atoms. The van der Waals surface area contributed by atoms with Crippen LogP contribution in [0.15, 0.2) is 40.7 Å². The van der Waals surface area contributed by atoms with Gasteiger partial charge in [0, 0.05) is 48.3 Å². The molecule has 3 aliphatic rings. The zero-order valence-electron chi connectivity index (χ0n) is 22.5. The summed E-state index contributed by atoms with van der Waals surface area (Å²) >= 11 is 0. The van der Waals surface area contributed by atoms with E-state index in [1.165, 1.54) is 0 Å². The number of carbonyl (C=O) groups is 2. The van der Waals surface area contributed by atoms with Gasteiger partial charge in [-0.2, -0.15) is 0 Å². The molecule has 5 nitrogen and oxygen atoms in total. The highest BCUT2D eigenvalue weighted by Crippen LogP contribution is 2.54. The number of carbonyl (C=O) groups excluding carboxylic acids is 2. The Bertz CT molecular complexity index is 1040. The topological polar surface area (TPSA) is 55.8 Å². The lowest BCUT2D eigenvalue weighted by Gasteiger charge is -2.47. The van der Waals surface area contributed by atoms with Crippen LogP contribution in [0.1, 0.15) is 91.5 Å². The second-order valence-electron chi connectivity index (χ2n) is 11.9. The minimum atomic E-state index is -0.354. The van der Waals surface area contributed by atoms with Crippen molar-refractivity contribution < 1.29 is 19.1 Å². The predicted octanol–water partition coefficient (Wildman–Crippen LogP) is 6.58. The van der Waals surface area contributed by atoms with Crippen LogP contribution < -0.4 is 9.47 Å². The zero-order chi connectivity index (χ0) is 25.5. The summed E-state index contributed by atoms with van der Waals surface area (Å²) in [6, 6.07) is 5.97. The SMILES string of the molecule is CCCCOc1ccc(C2C3=C(CC(C)(C)CC3=O)N(C)C3=C2C(=O)CC(C)(C)C3)cc1OCC. The molecular formula is C30H41NO4. The molecule has 1 aromatic carbocycles. The fourth-order valence-electron chi connectivity index (χ4n) is 5.92. The van der Waals surface area contributed by atoms with Crippen molar-refractivity contribution in [2.75, 3.05) is 20.3 Å². The van der Waals surface area contributed by atoms with Gasteiger partial charge in [-0.25, -0.2) is 0 Å². The molecule has 35 heavy (non-hydrogen) atoms. The third-order valence-corrected chi connectivity index (χ3v) is 7.54. The highest BCUT2D eigenvalue weighted by Gasteiger charge is 2.48. The van der Waals surface area contributed by atoms with Gasteiger partial charge in [0.25, 0.3) is 0 Å². The summed E-state index contributed by atoms with van der Waals surface area (Å²) in [5.74, 6) is 1.34. The van der Waals surface area contributed by atoms with Crippen molar-refractivity contribution in [3.63, 3.8) is 0 Å². The monoisotopic (exact) mass is 479 g/mol. The largest absolute Gasteiger partial charge is 0.490 e. The molecule has 5 heteroatoms. The highest BCUT2D eigenvalue weighted by atomic mass is 16.5. The lowest BCUT2D eigenvalue weighted by atomic mass is 9.64. The van der Waals surface area contributed by atoms with Crippen molar-refractivity contribution in [3.05, 3.63) is 46.3 Å². The molecule has 4 rings (SSSR count). The van der Waals surface area contributed by atoms with Crippen LogP contribution in [0.2, 0.25) is 0 Å². The molecule has 2 aliphatic carbocycles. The highest BCUT2D eigenvalue weighted by molar-refractivity contribution is 6.06. The van der Waals surface area contributed by atoms with Gasteiger partial charge >= 0.3 is 0 Å². The average molecular weight is 480 g/mol. The first kappa shape index (κ1) is 25.5. The van der Waals surface area contributed by atoms with E-state index in [2.05, 4.69) is 39.5 Å². The van der Waals surface area contributed by atoms with Crippen molar-refractivity contribution >= 4 is 11.6 Å². The van der Waals surface area contributed by atoms with Crippen molar-refractivity contribution in [2.45, 2.75) is 86.0 Å². The number of ketones is 2. The number of rotatable bonds is 7. The third kappa shape index (κ3) is 4.92. The first-order chi connectivity index (χ1) is 16.5. The number of benzene rings is 1.